The summed E-state index contributed by atoms with van der Waals surface area (Å²) in [4.78, 5) is 32.7. The second-order valence-electron chi connectivity index (χ2n) is 10.8. The largest absolute Gasteiger partial charge is 0.507 e. The number of fused-ring (bicyclic) bond motifs is 1. The molecule has 0 radical (unpaired) electrons. The monoisotopic (exact) mass is 573 g/mol. The molecule has 9 heteroatoms. The Morgan fingerprint density at radius 1 is 1.05 bits per heavy atom. The van der Waals surface area contributed by atoms with Gasteiger partial charge in [0.25, 0.3) is 11.7 Å². The molecular weight excluding hydrogens is 534 g/mol. The summed E-state index contributed by atoms with van der Waals surface area (Å²) in [6.45, 7) is 7.97. The van der Waals surface area contributed by atoms with Gasteiger partial charge in [-0.1, -0.05) is 25.8 Å². The lowest BCUT2D eigenvalue weighted by Gasteiger charge is -2.26. The van der Waals surface area contributed by atoms with Crippen LogP contribution in [-0.2, 0) is 22.6 Å². The van der Waals surface area contributed by atoms with E-state index in [4.69, 9.17) is 14.2 Å². The van der Waals surface area contributed by atoms with E-state index in [0.717, 1.165) is 30.6 Å². The minimum absolute atomic E-state index is 0.0400. The van der Waals surface area contributed by atoms with Crippen molar-refractivity contribution in [2.45, 2.75) is 71.6 Å². The number of aromatic nitrogens is 2. The molecular formula is C33H39N3O6. The molecule has 2 aliphatic heterocycles. The minimum Gasteiger partial charge on any atom is -0.507 e. The molecule has 1 saturated heterocycles. The van der Waals surface area contributed by atoms with E-state index in [0.29, 0.717) is 61.8 Å². The van der Waals surface area contributed by atoms with E-state index in [1.54, 1.807) is 23.5 Å². The first-order valence-electron chi connectivity index (χ1n) is 14.8. The fourth-order valence-corrected chi connectivity index (χ4v) is 5.64. The van der Waals surface area contributed by atoms with Crippen LogP contribution in [0.3, 0.4) is 0 Å². The fourth-order valence-electron chi connectivity index (χ4n) is 5.64. The normalized spacial score (nSPS) is 19.2. The smallest absolute Gasteiger partial charge is 0.295 e. The van der Waals surface area contributed by atoms with Crippen LogP contribution in [0.1, 0.15) is 69.2 Å². The second kappa shape index (κ2) is 13.1. The molecule has 2 aliphatic rings. The highest BCUT2D eigenvalue weighted by Crippen LogP contribution is 2.43. The standard InChI is InChI=1S/C33H39N3O6/c1-4-6-7-17-41-27-12-9-23(20-28(27)40-5-2)30-29(31(37)24-10-11-26-25(19-24)18-22(3)42-26)32(38)33(39)36(30)15-8-14-35-16-13-34-21-35/h9-13,16,19-22,30,37H,4-8,14-15,17-18H2,1-3H3/b31-29+/t22-,30-/m0/s1. The van der Waals surface area contributed by atoms with Crippen LogP contribution in [0.4, 0.5) is 0 Å². The van der Waals surface area contributed by atoms with Crippen molar-refractivity contribution in [3.63, 3.8) is 0 Å². The number of imidazole rings is 1. The average molecular weight is 574 g/mol. The molecule has 0 spiro atoms. The number of benzene rings is 2. The van der Waals surface area contributed by atoms with E-state index in [2.05, 4.69) is 11.9 Å². The molecule has 0 saturated carbocycles. The molecule has 0 aliphatic carbocycles. The van der Waals surface area contributed by atoms with E-state index in [1.165, 1.54) is 0 Å². The van der Waals surface area contributed by atoms with Crippen LogP contribution in [0, 0.1) is 0 Å². The van der Waals surface area contributed by atoms with Crippen molar-refractivity contribution in [1.82, 2.24) is 14.5 Å². The lowest BCUT2D eigenvalue weighted by atomic mass is 9.94. The van der Waals surface area contributed by atoms with E-state index < -0.39 is 17.7 Å². The van der Waals surface area contributed by atoms with Gasteiger partial charge in [0.05, 0.1) is 31.2 Å². The van der Waals surface area contributed by atoms with Crippen molar-refractivity contribution in [2.24, 2.45) is 0 Å². The zero-order valence-corrected chi connectivity index (χ0v) is 24.5. The number of likely N-dealkylation sites (tertiary alicyclic amines) is 1. The summed E-state index contributed by atoms with van der Waals surface area (Å²) in [5.41, 5.74) is 2.17. The predicted octanol–water partition coefficient (Wildman–Crippen LogP) is 5.69. The molecule has 5 rings (SSSR count). The van der Waals surface area contributed by atoms with Gasteiger partial charge in [-0.15, -0.1) is 0 Å². The molecule has 2 aromatic carbocycles. The van der Waals surface area contributed by atoms with Crippen LogP contribution in [0.5, 0.6) is 17.2 Å². The number of hydrogen-bond acceptors (Lipinski definition) is 7. The molecule has 9 nitrogen and oxygen atoms in total. The van der Waals surface area contributed by atoms with E-state index in [-0.39, 0.29) is 17.4 Å². The third-order valence-electron chi connectivity index (χ3n) is 7.67. The summed E-state index contributed by atoms with van der Waals surface area (Å²) in [6, 6.07) is 10.1. The topological polar surface area (TPSA) is 103 Å². The van der Waals surface area contributed by atoms with Gasteiger partial charge in [0.1, 0.15) is 17.6 Å². The number of ether oxygens (including phenoxy) is 3. The third kappa shape index (κ3) is 6.15. The highest BCUT2D eigenvalue weighted by molar-refractivity contribution is 6.46. The zero-order chi connectivity index (χ0) is 29.6. The first-order chi connectivity index (χ1) is 20.4. The maximum atomic E-state index is 13.6. The quantitative estimate of drug-likeness (QED) is 0.121. The SMILES string of the molecule is CCCCCOc1ccc([C@H]2/C(=C(\O)c3ccc4c(c3)C[C@H](C)O4)C(=O)C(=O)N2CCCn2ccnc2)cc1OCC. The highest BCUT2D eigenvalue weighted by atomic mass is 16.5. The van der Waals surface area contributed by atoms with Crippen molar-refractivity contribution in [3.05, 3.63) is 77.4 Å². The average Bonchev–Trinajstić information content (AvgIpc) is 3.70. The Balaban J connectivity index is 1.52. The highest BCUT2D eigenvalue weighted by Gasteiger charge is 2.46. The second-order valence-corrected chi connectivity index (χ2v) is 10.8. The van der Waals surface area contributed by atoms with Crippen LogP contribution in [-0.4, -0.2) is 57.1 Å². The van der Waals surface area contributed by atoms with Gasteiger partial charge in [0.2, 0.25) is 0 Å². The molecule has 222 valence electrons. The van der Waals surface area contributed by atoms with Gasteiger partial charge in [-0.25, -0.2) is 4.98 Å². The molecule has 1 aromatic heterocycles. The summed E-state index contributed by atoms with van der Waals surface area (Å²) in [5.74, 6) is 0.383. The molecule has 42 heavy (non-hydrogen) atoms. The number of rotatable bonds is 13. The lowest BCUT2D eigenvalue weighted by molar-refractivity contribution is -0.139. The zero-order valence-electron chi connectivity index (χ0n) is 24.5. The molecule has 1 amide bonds. The summed E-state index contributed by atoms with van der Waals surface area (Å²) in [7, 11) is 0. The van der Waals surface area contributed by atoms with Gasteiger partial charge in [0.15, 0.2) is 11.5 Å². The Labute approximate surface area is 246 Å². The molecule has 2 atom stereocenters. The molecule has 0 bridgehead atoms. The van der Waals surface area contributed by atoms with Crippen LogP contribution in [0.15, 0.2) is 60.7 Å². The van der Waals surface area contributed by atoms with Crippen LogP contribution < -0.4 is 14.2 Å². The van der Waals surface area contributed by atoms with Gasteiger partial charge in [-0.3, -0.25) is 9.59 Å². The number of Topliss-reactive ketones (excluding diaryl/α,β-unsaturated/α-hetero) is 1. The summed E-state index contributed by atoms with van der Waals surface area (Å²) in [6.07, 6.45) is 9.74. The molecule has 3 aromatic rings. The van der Waals surface area contributed by atoms with Crippen molar-refractivity contribution in [3.8, 4) is 17.2 Å². The number of aliphatic hydroxyl groups excluding tert-OH is 1. The number of amides is 1. The Morgan fingerprint density at radius 2 is 1.90 bits per heavy atom. The van der Waals surface area contributed by atoms with Gasteiger partial charge in [-0.05, 0) is 68.1 Å². The number of unbranched alkanes of at least 4 members (excludes halogenated alkanes) is 2. The Morgan fingerprint density at radius 3 is 2.67 bits per heavy atom. The first kappa shape index (κ1) is 29.2. The van der Waals surface area contributed by atoms with Gasteiger partial charge in [-0.2, -0.15) is 0 Å². The predicted molar refractivity (Wildman–Crippen MR) is 159 cm³/mol. The number of aliphatic hydroxyl groups is 1. The first-order valence-corrected chi connectivity index (χ1v) is 14.8. The van der Waals surface area contributed by atoms with Crippen molar-refractivity contribution >= 4 is 17.4 Å². The number of nitrogens with zero attached hydrogens (tertiary/aromatic N) is 3. The van der Waals surface area contributed by atoms with Gasteiger partial charge in [0, 0.05) is 37.5 Å². The van der Waals surface area contributed by atoms with E-state index >= 15 is 0 Å². The van der Waals surface area contributed by atoms with E-state index in [1.807, 2.05) is 54.9 Å². The summed E-state index contributed by atoms with van der Waals surface area (Å²) >= 11 is 0. The Kier molecular flexibility index (Phi) is 9.15. The number of carbonyl (C=O) groups is 2. The Hall–Kier alpha value is -4.27. The van der Waals surface area contributed by atoms with E-state index in [9.17, 15) is 14.7 Å². The van der Waals surface area contributed by atoms with Crippen LogP contribution in [0.25, 0.3) is 5.76 Å². The fraction of sp³-hybridized carbons (Fsp3) is 0.424. The lowest BCUT2D eigenvalue weighted by Crippen LogP contribution is -2.31. The number of hydrogen-bond donors (Lipinski definition) is 1. The van der Waals surface area contributed by atoms with Crippen LogP contribution in [0.2, 0.25) is 0 Å². The van der Waals surface area contributed by atoms with Crippen molar-refractivity contribution in [2.75, 3.05) is 19.8 Å². The Bertz CT molecular complexity index is 1450. The summed E-state index contributed by atoms with van der Waals surface area (Å²) in [5, 5.41) is 11.6. The minimum atomic E-state index is -0.787. The molecule has 0 unspecified atom stereocenters. The molecule has 3 heterocycles. The van der Waals surface area contributed by atoms with Crippen molar-refractivity contribution in [1.29, 1.82) is 0 Å². The third-order valence-corrected chi connectivity index (χ3v) is 7.67. The molecule has 1 N–H and O–H groups in total. The van der Waals surface area contributed by atoms with Gasteiger partial charge >= 0.3 is 0 Å². The number of ketones is 1. The maximum Gasteiger partial charge on any atom is 0.295 e. The number of aryl methyl sites for hydroxylation is 1. The van der Waals surface area contributed by atoms with Gasteiger partial charge < -0.3 is 28.8 Å². The van der Waals surface area contributed by atoms with Crippen LogP contribution >= 0.6 is 0 Å². The van der Waals surface area contributed by atoms with Crippen molar-refractivity contribution < 1.29 is 28.9 Å². The number of carbonyl (C=O) groups excluding carboxylic acids is 2. The summed E-state index contributed by atoms with van der Waals surface area (Å²) < 4.78 is 19.7. The maximum absolute atomic E-state index is 13.6. The molecule has 1 fully saturated rings.